The van der Waals surface area contributed by atoms with Crippen LogP contribution in [0.4, 0.5) is 10.5 Å². The molecule has 27 heavy (non-hydrogen) atoms. The number of methoxy groups -OCH3 is 1. The Morgan fingerprint density at radius 2 is 2.11 bits per heavy atom. The topological polar surface area (TPSA) is 103 Å². The molecule has 1 aliphatic heterocycles. The van der Waals surface area contributed by atoms with E-state index in [1.165, 1.54) is 7.11 Å². The maximum absolute atomic E-state index is 13.0. The average molecular weight is 367 g/mol. The number of likely N-dealkylation sites (tertiary alicyclic amines) is 1. The van der Waals surface area contributed by atoms with Gasteiger partial charge in [0.05, 0.1) is 29.9 Å². The molecular weight excluding hydrogens is 346 g/mol. The van der Waals surface area contributed by atoms with Gasteiger partial charge in [0.1, 0.15) is 5.75 Å². The van der Waals surface area contributed by atoms with Gasteiger partial charge in [0.15, 0.2) is 0 Å². The van der Waals surface area contributed by atoms with Gasteiger partial charge in [-0.15, -0.1) is 0 Å². The molecule has 0 radical (unpaired) electrons. The SMILES string of the molecule is COc1cc2[nH]c(=O)[nH]c2cc1NC(=O)N1CCCC[C@H]1c1cccnc1. The first-order valence-electron chi connectivity index (χ1n) is 8.93. The highest BCUT2D eigenvalue weighted by atomic mass is 16.5. The molecule has 0 bridgehead atoms. The highest BCUT2D eigenvalue weighted by Crippen LogP contribution is 2.33. The van der Waals surface area contributed by atoms with Gasteiger partial charge in [0, 0.05) is 25.0 Å². The van der Waals surface area contributed by atoms with Crippen LogP contribution < -0.4 is 15.7 Å². The van der Waals surface area contributed by atoms with E-state index in [0.29, 0.717) is 29.0 Å². The third-order valence-electron chi connectivity index (χ3n) is 4.91. The number of amides is 2. The number of pyridine rings is 1. The van der Waals surface area contributed by atoms with Crippen LogP contribution in [-0.4, -0.2) is 39.5 Å². The van der Waals surface area contributed by atoms with E-state index in [1.54, 1.807) is 18.3 Å². The summed E-state index contributed by atoms with van der Waals surface area (Å²) in [4.78, 5) is 35.9. The molecule has 1 aromatic carbocycles. The summed E-state index contributed by atoms with van der Waals surface area (Å²) in [6.07, 6.45) is 6.48. The zero-order chi connectivity index (χ0) is 18.8. The van der Waals surface area contributed by atoms with Crippen LogP contribution in [0.25, 0.3) is 11.0 Å². The summed E-state index contributed by atoms with van der Waals surface area (Å²) in [6, 6.07) is 7.08. The Balaban J connectivity index is 1.62. The molecule has 3 heterocycles. The molecule has 1 atom stereocenters. The molecule has 4 rings (SSSR count). The Kier molecular flexibility index (Phi) is 4.53. The predicted octanol–water partition coefficient (Wildman–Crippen LogP) is 3.02. The van der Waals surface area contributed by atoms with Gasteiger partial charge in [0.2, 0.25) is 0 Å². The van der Waals surface area contributed by atoms with Crippen LogP contribution in [-0.2, 0) is 0 Å². The number of fused-ring (bicyclic) bond motifs is 1. The Hall–Kier alpha value is -3.29. The largest absolute Gasteiger partial charge is 0.494 e. The first-order chi connectivity index (χ1) is 13.2. The summed E-state index contributed by atoms with van der Waals surface area (Å²) in [5, 5.41) is 2.94. The van der Waals surface area contributed by atoms with E-state index >= 15 is 0 Å². The van der Waals surface area contributed by atoms with Gasteiger partial charge in [-0.2, -0.15) is 0 Å². The Morgan fingerprint density at radius 1 is 1.30 bits per heavy atom. The van der Waals surface area contributed by atoms with Gasteiger partial charge in [-0.05, 0) is 37.0 Å². The predicted molar refractivity (Wildman–Crippen MR) is 102 cm³/mol. The zero-order valence-corrected chi connectivity index (χ0v) is 15.0. The normalized spacial score (nSPS) is 17.1. The molecule has 0 unspecified atom stereocenters. The van der Waals surface area contributed by atoms with Gasteiger partial charge < -0.3 is 24.9 Å². The first-order valence-corrected chi connectivity index (χ1v) is 8.93. The van der Waals surface area contributed by atoms with Gasteiger partial charge in [-0.3, -0.25) is 4.98 Å². The number of anilines is 1. The number of urea groups is 1. The summed E-state index contributed by atoms with van der Waals surface area (Å²) < 4.78 is 5.38. The van der Waals surface area contributed by atoms with Crippen molar-refractivity contribution in [2.75, 3.05) is 19.0 Å². The Labute approximate surface area is 155 Å². The quantitative estimate of drug-likeness (QED) is 0.662. The Morgan fingerprint density at radius 3 is 2.85 bits per heavy atom. The molecule has 140 valence electrons. The molecule has 1 aliphatic rings. The number of H-pyrrole nitrogens is 2. The van der Waals surface area contributed by atoms with Crippen LogP contribution in [0, 0.1) is 0 Å². The molecule has 2 aromatic heterocycles. The number of hydrogen-bond donors (Lipinski definition) is 3. The summed E-state index contributed by atoms with van der Waals surface area (Å²) in [6.45, 7) is 0.678. The number of aromatic nitrogens is 3. The Bertz CT molecular complexity index is 1010. The lowest BCUT2D eigenvalue weighted by atomic mass is 9.97. The fourth-order valence-corrected chi connectivity index (χ4v) is 3.61. The second-order valence-corrected chi connectivity index (χ2v) is 6.60. The molecule has 2 amide bonds. The van der Waals surface area contributed by atoms with Crippen LogP contribution in [0.15, 0.2) is 41.5 Å². The van der Waals surface area contributed by atoms with Crippen molar-refractivity contribution in [2.24, 2.45) is 0 Å². The summed E-state index contributed by atoms with van der Waals surface area (Å²) in [7, 11) is 1.53. The molecule has 8 heteroatoms. The number of rotatable bonds is 3. The molecule has 0 spiro atoms. The molecular formula is C19H21N5O3. The van der Waals surface area contributed by atoms with Crippen molar-refractivity contribution in [3.05, 3.63) is 52.7 Å². The van der Waals surface area contributed by atoms with Crippen molar-refractivity contribution in [3.8, 4) is 5.75 Å². The number of aromatic amines is 2. The second kappa shape index (κ2) is 7.14. The van der Waals surface area contributed by atoms with Crippen LogP contribution in [0.2, 0.25) is 0 Å². The maximum Gasteiger partial charge on any atom is 0.323 e. The minimum Gasteiger partial charge on any atom is -0.494 e. The minimum atomic E-state index is -0.303. The number of hydrogen-bond acceptors (Lipinski definition) is 4. The van der Waals surface area contributed by atoms with E-state index in [0.717, 1.165) is 24.8 Å². The standard InChI is InChI=1S/C19H21N5O3/c1-27-17-10-14-13(21-18(25)22-14)9-15(17)23-19(26)24-8-3-2-6-16(24)12-5-4-7-20-11-12/h4-5,7,9-11,16H,2-3,6,8H2,1H3,(H,23,26)(H2,21,22,25)/t16-/m0/s1. The van der Waals surface area contributed by atoms with Crippen molar-refractivity contribution >= 4 is 22.8 Å². The monoisotopic (exact) mass is 367 g/mol. The van der Waals surface area contributed by atoms with E-state index in [4.69, 9.17) is 4.74 Å². The van der Waals surface area contributed by atoms with Gasteiger partial charge in [-0.1, -0.05) is 6.07 Å². The fraction of sp³-hybridized carbons (Fsp3) is 0.316. The van der Waals surface area contributed by atoms with E-state index in [-0.39, 0.29) is 17.8 Å². The van der Waals surface area contributed by atoms with E-state index < -0.39 is 0 Å². The number of carbonyl (C=O) groups excluding carboxylic acids is 1. The third kappa shape index (κ3) is 3.38. The number of carbonyl (C=O) groups is 1. The highest BCUT2D eigenvalue weighted by Gasteiger charge is 2.28. The van der Waals surface area contributed by atoms with Crippen LogP contribution >= 0.6 is 0 Å². The van der Waals surface area contributed by atoms with Crippen molar-refractivity contribution in [1.29, 1.82) is 0 Å². The molecule has 3 aromatic rings. The van der Waals surface area contributed by atoms with Gasteiger partial charge in [-0.25, -0.2) is 9.59 Å². The van der Waals surface area contributed by atoms with Gasteiger partial charge in [0.25, 0.3) is 0 Å². The van der Waals surface area contributed by atoms with Crippen molar-refractivity contribution in [1.82, 2.24) is 19.9 Å². The smallest absolute Gasteiger partial charge is 0.323 e. The zero-order valence-electron chi connectivity index (χ0n) is 15.0. The maximum atomic E-state index is 13.0. The number of imidazole rings is 1. The molecule has 8 nitrogen and oxygen atoms in total. The second-order valence-electron chi connectivity index (χ2n) is 6.60. The average Bonchev–Trinajstić information content (AvgIpc) is 3.06. The number of nitrogens with one attached hydrogen (secondary N) is 3. The molecule has 1 fully saturated rings. The number of nitrogens with zero attached hydrogens (tertiary/aromatic N) is 2. The number of benzene rings is 1. The lowest BCUT2D eigenvalue weighted by Gasteiger charge is -2.36. The van der Waals surface area contributed by atoms with Crippen molar-refractivity contribution < 1.29 is 9.53 Å². The number of ether oxygens (including phenoxy) is 1. The van der Waals surface area contributed by atoms with Crippen LogP contribution in [0.5, 0.6) is 5.75 Å². The number of piperidine rings is 1. The van der Waals surface area contributed by atoms with Crippen LogP contribution in [0.3, 0.4) is 0 Å². The van der Waals surface area contributed by atoms with Crippen LogP contribution in [0.1, 0.15) is 30.9 Å². The van der Waals surface area contributed by atoms with E-state index in [9.17, 15) is 9.59 Å². The summed E-state index contributed by atoms with van der Waals surface area (Å²) in [5.74, 6) is 0.487. The molecule has 1 saturated heterocycles. The van der Waals surface area contributed by atoms with Crippen molar-refractivity contribution in [2.45, 2.75) is 25.3 Å². The van der Waals surface area contributed by atoms with Crippen molar-refractivity contribution in [3.63, 3.8) is 0 Å². The van der Waals surface area contributed by atoms with E-state index in [1.807, 2.05) is 23.2 Å². The molecule has 0 aliphatic carbocycles. The summed E-state index contributed by atoms with van der Waals surface area (Å²) >= 11 is 0. The first kappa shape index (κ1) is 17.1. The van der Waals surface area contributed by atoms with E-state index in [2.05, 4.69) is 20.3 Å². The van der Waals surface area contributed by atoms with Gasteiger partial charge >= 0.3 is 11.7 Å². The molecule has 3 N–H and O–H groups in total. The highest BCUT2D eigenvalue weighted by molar-refractivity contribution is 5.94. The lowest BCUT2D eigenvalue weighted by Crippen LogP contribution is -2.41. The third-order valence-corrected chi connectivity index (χ3v) is 4.91. The fourth-order valence-electron chi connectivity index (χ4n) is 3.61. The summed E-state index contributed by atoms with van der Waals surface area (Å²) in [5.41, 5.74) is 2.48. The molecule has 0 saturated carbocycles. The minimum absolute atomic E-state index is 0.00533. The lowest BCUT2D eigenvalue weighted by molar-refractivity contribution is 0.163.